The van der Waals surface area contributed by atoms with E-state index in [4.69, 9.17) is 4.74 Å². The number of nitrogens with zero attached hydrogens (tertiary/aromatic N) is 2. The normalized spacial score (nSPS) is 9.81. The molecule has 0 aliphatic heterocycles. The maximum absolute atomic E-state index is 11.4. The van der Waals surface area contributed by atoms with Crippen molar-refractivity contribution in [2.75, 3.05) is 5.32 Å². The lowest BCUT2D eigenvalue weighted by Gasteiger charge is -2.03. The molecule has 1 aromatic carbocycles. The molecular weight excluding hydrogens is 206 g/mol. The molecule has 0 spiro atoms. The zero-order valence-electron chi connectivity index (χ0n) is 8.75. The van der Waals surface area contributed by atoms with Crippen molar-refractivity contribution in [3.05, 3.63) is 42.7 Å². The van der Waals surface area contributed by atoms with Crippen molar-refractivity contribution in [3.63, 3.8) is 0 Å². The summed E-state index contributed by atoms with van der Waals surface area (Å²) in [5.41, 5.74) is 0.691. The van der Waals surface area contributed by atoms with Crippen LogP contribution in [0.25, 0.3) is 0 Å². The van der Waals surface area contributed by atoms with Crippen LogP contribution in [0.5, 0.6) is 5.75 Å². The van der Waals surface area contributed by atoms with E-state index in [0.29, 0.717) is 11.4 Å². The van der Waals surface area contributed by atoms with Gasteiger partial charge in [-0.2, -0.15) is 5.10 Å². The van der Waals surface area contributed by atoms with Gasteiger partial charge in [0.2, 0.25) is 0 Å². The quantitative estimate of drug-likeness (QED) is 0.837. The second-order valence-electron chi connectivity index (χ2n) is 3.23. The lowest BCUT2D eigenvalue weighted by molar-refractivity contribution is 0.215. The standard InChI is InChI=1S/C11H11N3O2/c1-14-8-10(7-12-14)16-11(15)13-9-5-3-2-4-6-9/h2-8H,1H3,(H,13,15). The largest absolute Gasteiger partial charge is 0.417 e. The molecule has 1 N–H and O–H groups in total. The highest BCUT2D eigenvalue weighted by atomic mass is 16.6. The minimum absolute atomic E-state index is 0.413. The number of carbonyl (C=O) groups excluding carboxylic acids is 1. The van der Waals surface area contributed by atoms with Crippen LogP contribution in [0, 0.1) is 0 Å². The number of hydrogen-bond acceptors (Lipinski definition) is 3. The average molecular weight is 217 g/mol. The fraction of sp³-hybridized carbons (Fsp3) is 0.0909. The van der Waals surface area contributed by atoms with Gasteiger partial charge in [-0.25, -0.2) is 4.79 Å². The van der Waals surface area contributed by atoms with Crippen LogP contribution in [0.3, 0.4) is 0 Å². The Hall–Kier alpha value is -2.30. The smallest absolute Gasteiger partial charge is 0.407 e. The maximum atomic E-state index is 11.4. The van der Waals surface area contributed by atoms with E-state index in [1.165, 1.54) is 6.20 Å². The van der Waals surface area contributed by atoms with Gasteiger partial charge < -0.3 is 4.74 Å². The van der Waals surface area contributed by atoms with Gasteiger partial charge in [0.05, 0.1) is 12.4 Å². The molecule has 1 heterocycles. The van der Waals surface area contributed by atoms with Crippen LogP contribution in [0.2, 0.25) is 0 Å². The summed E-state index contributed by atoms with van der Waals surface area (Å²) in [5, 5.41) is 6.49. The van der Waals surface area contributed by atoms with Crippen LogP contribution >= 0.6 is 0 Å². The number of hydrogen-bond donors (Lipinski definition) is 1. The molecule has 5 nitrogen and oxygen atoms in total. The van der Waals surface area contributed by atoms with Crippen molar-refractivity contribution in [2.45, 2.75) is 0 Å². The van der Waals surface area contributed by atoms with Crippen molar-refractivity contribution in [1.82, 2.24) is 9.78 Å². The molecule has 0 aliphatic carbocycles. The van der Waals surface area contributed by atoms with Crippen molar-refractivity contribution in [1.29, 1.82) is 0 Å². The number of rotatable bonds is 2. The molecule has 0 bridgehead atoms. The molecule has 1 amide bonds. The Bertz CT molecular complexity index is 479. The number of benzene rings is 1. The topological polar surface area (TPSA) is 56.1 Å². The number of nitrogens with one attached hydrogen (secondary N) is 1. The summed E-state index contributed by atoms with van der Waals surface area (Å²) < 4.78 is 6.57. The van der Waals surface area contributed by atoms with Gasteiger partial charge in [0, 0.05) is 12.7 Å². The van der Waals surface area contributed by atoms with Gasteiger partial charge in [-0.1, -0.05) is 18.2 Å². The number of amides is 1. The highest BCUT2D eigenvalue weighted by Crippen LogP contribution is 2.10. The number of ether oxygens (including phenoxy) is 1. The van der Waals surface area contributed by atoms with Gasteiger partial charge in [-0.15, -0.1) is 0 Å². The Kier molecular flexibility index (Phi) is 2.86. The van der Waals surface area contributed by atoms with Crippen molar-refractivity contribution in [2.24, 2.45) is 7.05 Å². The third-order valence-corrected chi connectivity index (χ3v) is 1.91. The highest BCUT2D eigenvalue weighted by molar-refractivity contribution is 5.86. The molecule has 82 valence electrons. The molecular formula is C11H11N3O2. The fourth-order valence-corrected chi connectivity index (χ4v) is 1.22. The second-order valence-corrected chi connectivity index (χ2v) is 3.23. The SMILES string of the molecule is Cn1cc(OC(=O)Nc2ccccc2)cn1. The Balaban J connectivity index is 1.95. The van der Waals surface area contributed by atoms with E-state index in [2.05, 4.69) is 10.4 Å². The Labute approximate surface area is 92.7 Å². The average Bonchev–Trinajstić information content (AvgIpc) is 2.65. The van der Waals surface area contributed by atoms with Gasteiger partial charge in [-0.3, -0.25) is 10.00 Å². The Morgan fingerprint density at radius 2 is 2.12 bits per heavy atom. The Morgan fingerprint density at radius 1 is 1.38 bits per heavy atom. The van der Waals surface area contributed by atoms with E-state index >= 15 is 0 Å². The van der Waals surface area contributed by atoms with Gasteiger partial charge in [0.25, 0.3) is 0 Å². The molecule has 0 atom stereocenters. The summed E-state index contributed by atoms with van der Waals surface area (Å²) in [7, 11) is 1.75. The van der Waals surface area contributed by atoms with Gasteiger partial charge >= 0.3 is 6.09 Å². The van der Waals surface area contributed by atoms with Crippen molar-refractivity contribution >= 4 is 11.8 Å². The molecule has 16 heavy (non-hydrogen) atoms. The maximum Gasteiger partial charge on any atom is 0.417 e. The first-order valence-corrected chi connectivity index (χ1v) is 4.76. The van der Waals surface area contributed by atoms with Crippen LogP contribution in [0.4, 0.5) is 10.5 Å². The van der Waals surface area contributed by atoms with E-state index < -0.39 is 6.09 Å². The summed E-state index contributed by atoms with van der Waals surface area (Å²) in [6, 6.07) is 9.10. The monoisotopic (exact) mass is 217 g/mol. The first kappa shape index (κ1) is 10.2. The van der Waals surface area contributed by atoms with Crippen LogP contribution < -0.4 is 10.1 Å². The van der Waals surface area contributed by atoms with E-state index in [-0.39, 0.29) is 0 Å². The third-order valence-electron chi connectivity index (χ3n) is 1.91. The summed E-state index contributed by atoms with van der Waals surface area (Å²) in [4.78, 5) is 11.4. The highest BCUT2D eigenvalue weighted by Gasteiger charge is 2.05. The zero-order valence-corrected chi connectivity index (χ0v) is 8.75. The predicted octanol–water partition coefficient (Wildman–Crippen LogP) is 2.03. The minimum Gasteiger partial charge on any atom is -0.407 e. The Morgan fingerprint density at radius 3 is 2.75 bits per heavy atom. The summed E-state index contributed by atoms with van der Waals surface area (Å²) in [6.45, 7) is 0. The van der Waals surface area contributed by atoms with Gasteiger partial charge in [0.15, 0.2) is 5.75 Å². The molecule has 0 radical (unpaired) electrons. The lowest BCUT2D eigenvalue weighted by atomic mass is 10.3. The van der Waals surface area contributed by atoms with E-state index in [1.807, 2.05) is 18.2 Å². The summed E-state index contributed by atoms with van der Waals surface area (Å²) in [5.74, 6) is 0.413. The van der Waals surface area contributed by atoms with Crippen molar-refractivity contribution in [3.8, 4) is 5.75 Å². The van der Waals surface area contributed by atoms with E-state index in [9.17, 15) is 4.79 Å². The number of para-hydroxylation sites is 1. The lowest BCUT2D eigenvalue weighted by Crippen LogP contribution is -2.16. The fourth-order valence-electron chi connectivity index (χ4n) is 1.22. The molecule has 0 unspecified atom stereocenters. The molecule has 0 aliphatic rings. The predicted molar refractivity (Wildman–Crippen MR) is 59.3 cm³/mol. The molecule has 1 aromatic heterocycles. The zero-order chi connectivity index (χ0) is 11.4. The summed E-state index contributed by atoms with van der Waals surface area (Å²) in [6.07, 6.45) is 2.56. The number of anilines is 1. The van der Waals surface area contributed by atoms with Crippen LogP contribution in [-0.4, -0.2) is 15.9 Å². The molecule has 0 saturated heterocycles. The molecule has 0 saturated carbocycles. The van der Waals surface area contributed by atoms with Crippen molar-refractivity contribution < 1.29 is 9.53 Å². The van der Waals surface area contributed by atoms with Crippen LogP contribution in [-0.2, 0) is 7.05 Å². The molecule has 2 aromatic rings. The van der Waals surface area contributed by atoms with Crippen LogP contribution in [0.15, 0.2) is 42.7 Å². The molecule has 2 rings (SSSR count). The minimum atomic E-state index is -0.529. The first-order chi connectivity index (χ1) is 7.74. The second kappa shape index (κ2) is 4.48. The number of aromatic nitrogens is 2. The van der Waals surface area contributed by atoms with Crippen LogP contribution in [0.1, 0.15) is 0 Å². The number of aryl methyl sites for hydroxylation is 1. The molecule has 5 heteroatoms. The van der Waals surface area contributed by atoms with E-state index in [0.717, 1.165) is 0 Å². The summed E-state index contributed by atoms with van der Waals surface area (Å²) >= 11 is 0. The van der Waals surface area contributed by atoms with Gasteiger partial charge in [0.1, 0.15) is 0 Å². The van der Waals surface area contributed by atoms with Gasteiger partial charge in [-0.05, 0) is 12.1 Å². The van der Waals surface area contributed by atoms with E-state index in [1.54, 1.807) is 30.1 Å². The molecule has 0 fully saturated rings. The first-order valence-electron chi connectivity index (χ1n) is 4.76. The third kappa shape index (κ3) is 2.60. The number of carbonyl (C=O) groups is 1.